The fourth-order valence-corrected chi connectivity index (χ4v) is 3.00. The van der Waals surface area contributed by atoms with Crippen molar-refractivity contribution in [1.82, 2.24) is 0 Å². The third kappa shape index (κ3) is 3.03. The summed E-state index contributed by atoms with van der Waals surface area (Å²) in [6.45, 7) is 0. The fraction of sp³-hybridized carbons (Fsp3) is 0.400. The van der Waals surface area contributed by atoms with Crippen molar-refractivity contribution in [1.29, 1.82) is 0 Å². The van der Waals surface area contributed by atoms with E-state index in [4.69, 9.17) is 18.4 Å². The highest BCUT2D eigenvalue weighted by Crippen LogP contribution is 2.16. The average molecular weight is 228 g/mol. The molecule has 0 aliphatic heterocycles. The Bertz CT molecular complexity index is 287. The fourth-order valence-electron chi connectivity index (χ4n) is 1.33. The van der Waals surface area contributed by atoms with Crippen molar-refractivity contribution < 1.29 is 18.4 Å². The quantitative estimate of drug-likeness (QED) is 0.773. The molecule has 0 amide bonds. The Morgan fingerprint density at radius 3 is 1.87 bits per heavy atom. The third-order valence-corrected chi connectivity index (χ3v) is 5.00. The second-order valence-electron chi connectivity index (χ2n) is 3.14. The van der Waals surface area contributed by atoms with E-state index in [1.807, 2.05) is 12.1 Å². The lowest BCUT2D eigenvalue weighted by molar-refractivity contribution is 0.122. The molecule has 0 saturated carbocycles. The molecule has 0 aliphatic carbocycles. The summed E-state index contributed by atoms with van der Waals surface area (Å²) in [7, 11) is 2.19. The second kappa shape index (κ2) is 5.27. The molecule has 0 aliphatic rings. The molecule has 0 unspecified atom stereocenters. The topological polar surface area (TPSA) is 47.9 Å². The van der Waals surface area contributed by atoms with Crippen LogP contribution in [0.2, 0.25) is 0 Å². The van der Waals surface area contributed by atoms with E-state index in [-0.39, 0.29) is 5.75 Å². The molecule has 0 bridgehead atoms. The van der Waals surface area contributed by atoms with Crippen molar-refractivity contribution in [2.75, 3.05) is 21.3 Å². The number of hydrogen-bond acceptors (Lipinski definition) is 4. The first kappa shape index (κ1) is 12.2. The highest BCUT2D eigenvalue weighted by Gasteiger charge is 2.37. The van der Waals surface area contributed by atoms with Crippen LogP contribution in [0, 0.1) is 0 Å². The third-order valence-electron chi connectivity index (χ3n) is 2.29. The zero-order valence-electron chi connectivity index (χ0n) is 9.19. The van der Waals surface area contributed by atoms with Gasteiger partial charge in [-0.2, -0.15) is 0 Å². The van der Waals surface area contributed by atoms with Crippen LogP contribution in [0.25, 0.3) is 0 Å². The van der Waals surface area contributed by atoms with E-state index in [0.717, 1.165) is 5.56 Å². The summed E-state index contributed by atoms with van der Waals surface area (Å²) in [5.41, 5.74) is 1.02. The predicted molar refractivity (Wildman–Crippen MR) is 58.6 cm³/mol. The Hall–Kier alpha value is -0.883. The minimum absolute atomic E-state index is 0.248. The van der Waals surface area contributed by atoms with Crippen molar-refractivity contribution in [3.63, 3.8) is 0 Å². The predicted octanol–water partition coefficient (Wildman–Crippen LogP) is 1.35. The molecule has 4 nitrogen and oxygen atoms in total. The van der Waals surface area contributed by atoms with E-state index in [0.29, 0.717) is 6.04 Å². The van der Waals surface area contributed by atoms with E-state index in [9.17, 15) is 0 Å². The van der Waals surface area contributed by atoms with Gasteiger partial charge in [-0.15, -0.1) is 0 Å². The summed E-state index contributed by atoms with van der Waals surface area (Å²) >= 11 is 0. The molecule has 5 heteroatoms. The first-order valence-corrected chi connectivity index (χ1v) is 6.52. The normalized spacial score (nSPS) is 11.7. The number of rotatable bonds is 5. The molecule has 1 rings (SSSR count). The summed E-state index contributed by atoms with van der Waals surface area (Å²) in [6, 6.07) is 7.52. The Morgan fingerprint density at radius 1 is 1.00 bits per heavy atom. The van der Waals surface area contributed by atoms with Gasteiger partial charge in [-0.1, -0.05) is 12.1 Å². The van der Waals surface area contributed by atoms with E-state index < -0.39 is 8.80 Å². The van der Waals surface area contributed by atoms with Gasteiger partial charge in [0.15, 0.2) is 0 Å². The number of benzene rings is 1. The van der Waals surface area contributed by atoms with Crippen molar-refractivity contribution >= 4 is 8.80 Å². The lowest BCUT2D eigenvalue weighted by atomic mass is 10.2. The molecule has 15 heavy (non-hydrogen) atoms. The largest absolute Gasteiger partial charge is 0.508 e. The highest BCUT2D eigenvalue weighted by molar-refractivity contribution is 6.60. The van der Waals surface area contributed by atoms with Gasteiger partial charge in [0, 0.05) is 27.4 Å². The summed E-state index contributed by atoms with van der Waals surface area (Å²) in [4.78, 5) is 0. The maximum Gasteiger partial charge on any atom is 0.504 e. The van der Waals surface area contributed by atoms with Crippen LogP contribution in [-0.4, -0.2) is 35.2 Å². The van der Waals surface area contributed by atoms with Gasteiger partial charge in [-0.3, -0.25) is 0 Å². The van der Waals surface area contributed by atoms with Gasteiger partial charge < -0.3 is 18.4 Å². The van der Waals surface area contributed by atoms with E-state index in [2.05, 4.69) is 0 Å². The van der Waals surface area contributed by atoms with Crippen LogP contribution < -0.4 is 0 Å². The maximum atomic E-state index is 9.14. The van der Waals surface area contributed by atoms with E-state index in [1.54, 1.807) is 33.5 Å². The molecule has 1 aromatic carbocycles. The van der Waals surface area contributed by atoms with Crippen LogP contribution in [-0.2, 0) is 19.3 Å². The molecule has 1 N–H and O–H groups in total. The number of phenolic OH excluding ortho intramolecular Hbond substituents is 1. The van der Waals surface area contributed by atoms with Crippen LogP contribution in [0.15, 0.2) is 24.3 Å². The second-order valence-corrected chi connectivity index (χ2v) is 6.08. The first-order valence-electron chi connectivity index (χ1n) is 4.59. The standard InChI is InChI=1S/C10H16O4Si/c1-12-15(13-2,14-3)8-9-4-6-10(11)7-5-9/h4-7,11H,8H2,1-3H3. The first-order chi connectivity index (χ1) is 7.15. The van der Waals surface area contributed by atoms with Gasteiger partial charge >= 0.3 is 8.80 Å². The maximum absolute atomic E-state index is 9.14. The van der Waals surface area contributed by atoms with Gasteiger partial charge in [0.05, 0.1) is 0 Å². The zero-order valence-corrected chi connectivity index (χ0v) is 10.2. The minimum Gasteiger partial charge on any atom is -0.508 e. The SMILES string of the molecule is CO[Si](Cc1ccc(O)cc1)(OC)OC. The lowest BCUT2D eigenvalue weighted by Gasteiger charge is -2.24. The molecular weight excluding hydrogens is 212 g/mol. The Balaban J connectivity index is 2.78. The number of aromatic hydroxyl groups is 1. The smallest absolute Gasteiger partial charge is 0.504 e. The van der Waals surface area contributed by atoms with Gasteiger partial charge in [0.2, 0.25) is 0 Å². The van der Waals surface area contributed by atoms with Crippen molar-refractivity contribution in [2.45, 2.75) is 6.04 Å². The summed E-state index contributed by atoms with van der Waals surface area (Å²) < 4.78 is 15.9. The number of hydrogen-bond donors (Lipinski definition) is 1. The average Bonchev–Trinajstić information content (AvgIpc) is 2.29. The highest BCUT2D eigenvalue weighted by atomic mass is 28.4. The van der Waals surface area contributed by atoms with Gasteiger partial charge in [-0.25, -0.2) is 0 Å². The van der Waals surface area contributed by atoms with E-state index >= 15 is 0 Å². The van der Waals surface area contributed by atoms with Crippen LogP contribution in [0.1, 0.15) is 5.56 Å². The molecule has 84 valence electrons. The Kier molecular flexibility index (Phi) is 4.28. The van der Waals surface area contributed by atoms with Crippen LogP contribution in [0.4, 0.5) is 0 Å². The number of phenols is 1. The molecule has 0 saturated heterocycles. The molecule has 0 aromatic heterocycles. The Morgan fingerprint density at radius 2 is 1.47 bits per heavy atom. The summed E-state index contributed by atoms with van der Waals surface area (Å²) in [6.07, 6.45) is 0. The van der Waals surface area contributed by atoms with Crippen molar-refractivity contribution in [3.05, 3.63) is 29.8 Å². The monoisotopic (exact) mass is 228 g/mol. The molecule has 0 fully saturated rings. The van der Waals surface area contributed by atoms with Crippen LogP contribution >= 0.6 is 0 Å². The molecule has 0 heterocycles. The lowest BCUT2D eigenvalue weighted by Crippen LogP contribution is -2.45. The van der Waals surface area contributed by atoms with Gasteiger partial charge in [-0.05, 0) is 17.7 Å². The summed E-state index contributed by atoms with van der Waals surface area (Å²) in [5.74, 6) is 0.248. The van der Waals surface area contributed by atoms with Gasteiger partial charge in [0.25, 0.3) is 0 Å². The zero-order chi connectivity index (χ0) is 11.3. The minimum atomic E-state index is -2.56. The van der Waals surface area contributed by atoms with E-state index in [1.165, 1.54) is 0 Å². The molecule has 0 radical (unpaired) electrons. The molecular formula is C10H16O4Si. The Labute approximate surface area is 90.8 Å². The summed E-state index contributed by atoms with van der Waals surface area (Å²) in [5, 5.41) is 9.14. The van der Waals surface area contributed by atoms with Gasteiger partial charge in [0.1, 0.15) is 5.75 Å². The molecule has 0 spiro atoms. The van der Waals surface area contributed by atoms with Crippen molar-refractivity contribution in [3.8, 4) is 5.75 Å². The molecule has 1 aromatic rings. The van der Waals surface area contributed by atoms with Crippen LogP contribution in [0.3, 0.4) is 0 Å². The van der Waals surface area contributed by atoms with Crippen molar-refractivity contribution in [2.24, 2.45) is 0 Å². The molecule has 0 atom stereocenters. The van der Waals surface area contributed by atoms with Crippen LogP contribution in [0.5, 0.6) is 5.75 Å².